The summed E-state index contributed by atoms with van der Waals surface area (Å²) in [5, 5.41) is 6.06. The molecule has 0 aliphatic rings. The smallest absolute Gasteiger partial charge is 0.251 e. The van der Waals surface area contributed by atoms with Gasteiger partial charge in [0.2, 0.25) is 0 Å². The van der Waals surface area contributed by atoms with Crippen molar-refractivity contribution < 1.29 is 9.18 Å². The number of nitrogens with one attached hydrogen (secondary N) is 2. The predicted molar refractivity (Wildman–Crippen MR) is 82.9 cm³/mol. The third kappa shape index (κ3) is 4.05. The molecule has 110 valence electrons. The number of carbonyl (C=O) groups is 1. The highest BCUT2D eigenvalue weighted by atomic mass is 19.1. The molecule has 2 rings (SSSR count). The summed E-state index contributed by atoms with van der Waals surface area (Å²) >= 11 is 0. The van der Waals surface area contributed by atoms with Crippen LogP contribution in [0.4, 0.5) is 10.1 Å². The molecule has 0 saturated heterocycles. The van der Waals surface area contributed by atoms with Gasteiger partial charge in [0.25, 0.3) is 5.91 Å². The van der Waals surface area contributed by atoms with Crippen LogP contribution in [0.3, 0.4) is 0 Å². The van der Waals surface area contributed by atoms with Gasteiger partial charge in [-0.1, -0.05) is 18.2 Å². The lowest BCUT2D eigenvalue weighted by atomic mass is 10.1. The van der Waals surface area contributed by atoms with Crippen molar-refractivity contribution in [1.29, 1.82) is 0 Å². The fraction of sp³-hybridized carbons (Fsp3) is 0.235. The van der Waals surface area contributed by atoms with E-state index >= 15 is 0 Å². The van der Waals surface area contributed by atoms with E-state index in [4.69, 9.17) is 0 Å². The zero-order valence-corrected chi connectivity index (χ0v) is 12.2. The monoisotopic (exact) mass is 286 g/mol. The number of benzene rings is 2. The first-order chi connectivity index (χ1) is 10.1. The Kier molecular flexibility index (Phi) is 4.93. The molecule has 0 heterocycles. The summed E-state index contributed by atoms with van der Waals surface area (Å²) in [5.41, 5.74) is 3.58. The predicted octanol–water partition coefficient (Wildman–Crippen LogP) is 3.50. The Morgan fingerprint density at radius 3 is 2.52 bits per heavy atom. The number of hydrogen-bond acceptors (Lipinski definition) is 2. The molecule has 0 fully saturated rings. The molecule has 3 nitrogen and oxygen atoms in total. The third-order valence-electron chi connectivity index (χ3n) is 3.23. The lowest BCUT2D eigenvalue weighted by Crippen LogP contribution is -2.22. The van der Waals surface area contributed by atoms with E-state index in [1.807, 2.05) is 32.0 Å². The topological polar surface area (TPSA) is 41.1 Å². The Morgan fingerprint density at radius 2 is 1.86 bits per heavy atom. The quantitative estimate of drug-likeness (QED) is 0.883. The summed E-state index contributed by atoms with van der Waals surface area (Å²) in [4.78, 5) is 11.8. The van der Waals surface area contributed by atoms with Crippen LogP contribution in [0.25, 0.3) is 0 Å². The molecule has 0 aliphatic carbocycles. The number of hydrogen-bond donors (Lipinski definition) is 2. The van der Waals surface area contributed by atoms with Gasteiger partial charge in [-0.25, -0.2) is 4.39 Å². The highest BCUT2D eigenvalue weighted by Gasteiger charge is 2.07. The van der Waals surface area contributed by atoms with Gasteiger partial charge >= 0.3 is 0 Å². The molecule has 4 heteroatoms. The summed E-state index contributed by atoms with van der Waals surface area (Å²) < 4.78 is 12.9. The second-order valence-electron chi connectivity index (χ2n) is 4.87. The van der Waals surface area contributed by atoms with Crippen molar-refractivity contribution in [3.63, 3.8) is 0 Å². The Labute approximate surface area is 124 Å². The molecule has 1 amide bonds. The summed E-state index contributed by atoms with van der Waals surface area (Å²) in [7, 11) is 0. The van der Waals surface area contributed by atoms with Crippen molar-refractivity contribution in [2.75, 3.05) is 11.9 Å². The van der Waals surface area contributed by atoms with Crippen LogP contribution in [0.15, 0.2) is 42.5 Å². The number of anilines is 1. The van der Waals surface area contributed by atoms with Gasteiger partial charge in [-0.05, 0) is 49.2 Å². The van der Waals surface area contributed by atoms with Crippen LogP contribution >= 0.6 is 0 Å². The molecule has 0 atom stereocenters. The van der Waals surface area contributed by atoms with Crippen LogP contribution in [0.1, 0.15) is 28.4 Å². The minimum absolute atomic E-state index is 0.0812. The van der Waals surface area contributed by atoms with Crippen LogP contribution in [0.5, 0.6) is 0 Å². The highest BCUT2D eigenvalue weighted by Crippen LogP contribution is 2.18. The summed E-state index contributed by atoms with van der Waals surface area (Å²) in [6.45, 7) is 5.05. The number of aryl methyl sites for hydroxylation is 1. The molecule has 0 unspecified atom stereocenters. The fourth-order valence-corrected chi connectivity index (χ4v) is 2.02. The minimum atomic E-state index is -0.242. The largest absolute Gasteiger partial charge is 0.381 e. The van der Waals surface area contributed by atoms with E-state index < -0.39 is 0 Å². The zero-order chi connectivity index (χ0) is 15.2. The van der Waals surface area contributed by atoms with Gasteiger partial charge in [-0.2, -0.15) is 0 Å². The van der Waals surface area contributed by atoms with Crippen LogP contribution < -0.4 is 10.6 Å². The molecule has 21 heavy (non-hydrogen) atoms. The molecule has 0 aliphatic heterocycles. The first-order valence-electron chi connectivity index (χ1n) is 6.97. The molecule has 2 N–H and O–H groups in total. The molecular weight excluding hydrogens is 267 g/mol. The Morgan fingerprint density at radius 1 is 1.14 bits per heavy atom. The van der Waals surface area contributed by atoms with Crippen molar-refractivity contribution in [2.24, 2.45) is 0 Å². The van der Waals surface area contributed by atoms with Crippen LogP contribution in [-0.4, -0.2) is 12.5 Å². The maximum atomic E-state index is 12.9. The average Bonchev–Trinajstić information content (AvgIpc) is 2.48. The highest BCUT2D eigenvalue weighted by molar-refractivity contribution is 5.95. The summed E-state index contributed by atoms with van der Waals surface area (Å²) in [6.07, 6.45) is 0. The fourth-order valence-electron chi connectivity index (χ4n) is 2.02. The molecular formula is C17H19FN2O. The summed E-state index contributed by atoms with van der Waals surface area (Å²) in [6, 6.07) is 11.9. The second kappa shape index (κ2) is 6.88. The number of rotatable bonds is 5. The normalized spacial score (nSPS) is 10.2. The lowest BCUT2D eigenvalue weighted by molar-refractivity contribution is 0.0956. The van der Waals surface area contributed by atoms with E-state index in [2.05, 4.69) is 10.6 Å². The Balaban J connectivity index is 2.10. The van der Waals surface area contributed by atoms with Crippen molar-refractivity contribution in [2.45, 2.75) is 20.4 Å². The van der Waals surface area contributed by atoms with Crippen LogP contribution in [0, 0.1) is 12.7 Å². The second-order valence-corrected chi connectivity index (χ2v) is 4.87. The maximum absolute atomic E-state index is 12.9. The standard InChI is InChI=1S/C17H19FN2O/c1-3-19-17(21)14-7-4-12(2)16(10-14)20-11-13-5-8-15(18)9-6-13/h4-10,20H,3,11H2,1-2H3,(H,19,21). The van der Waals surface area contributed by atoms with Crippen molar-refractivity contribution in [3.05, 3.63) is 65.0 Å². The number of carbonyl (C=O) groups excluding carboxylic acids is 1. The van der Waals surface area contributed by atoms with E-state index in [9.17, 15) is 9.18 Å². The summed E-state index contributed by atoms with van der Waals surface area (Å²) in [5.74, 6) is -0.324. The molecule has 0 bridgehead atoms. The van der Waals surface area contributed by atoms with Crippen molar-refractivity contribution in [1.82, 2.24) is 5.32 Å². The van der Waals surface area contributed by atoms with Gasteiger partial charge in [-0.15, -0.1) is 0 Å². The number of halogens is 1. The zero-order valence-electron chi connectivity index (χ0n) is 12.2. The minimum Gasteiger partial charge on any atom is -0.381 e. The van der Waals surface area contributed by atoms with Gasteiger partial charge in [0.15, 0.2) is 0 Å². The average molecular weight is 286 g/mol. The van der Waals surface area contributed by atoms with Gasteiger partial charge in [0.05, 0.1) is 0 Å². The van der Waals surface area contributed by atoms with E-state index in [1.165, 1.54) is 12.1 Å². The van der Waals surface area contributed by atoms with Gasteiger partial charge in [0.1, 0.15) is 5.82 Å². The Hall–Kier alpha value is -2.36. The first kappa shape index (κ1) is 15.0. The van der Waals surface area contributed by atoms with Crippen molar-refractivity contribution >= 4 is 11.6 Å². The SMILES string of the molecule is CCNC(=O)c1ccc(C)c(NCc2ccc(F)cc2)c1. The van der Waals surface area contributed by atoms with E-state index in [-0.39, 0.29) is 11.7 Å². The molecule has 2 aromatic rings. The Bertz CT molecular complexity index is 623. The third-order valence-corrected chi connectivity index (χ3v) is 3.23. The van der Waals surface area contributed by atoms with Gasteiger partial charge in [0, 0.05) is 24.3 Å². The maximum Gasteiger partial charge on any atom is 0.251 e. The van der Waals surface area contributed by atoms with Crippen LogP contribution in [-0.2, 0) is 6.54 Å². The van der Waals surface area contributed by atoms with Crippen molar-refractivity contribution in [3.8, 4) is 0 Å². The molecule has 2 aromatic carbocycles. The first-order valence-corrected chi connectivity index (χ1v) is 6.97. The number of amides is 1. The van der Waals surface area contributed by atoms with Crippen LogP contribution in [0.2, 0.25) is 0 Å². The molecule has 0 spiro atoms. The van der Waals surface area contributed by atoms with E-state index in [0.29, 0.717) is 18.7 Å². The molecule has 0 radical (unpaired) electrons. The van der Waals surface area contributed by atoms with E-state index in [0.717, 1.165) is 16.8 Å². The van der Waals surface area contributed by atoms with Gasteiger partial charge in [-0.3, -0.25) is 4.79 Å². The van der Waals surface area contributed by atoms with E-state index in [1.54, 1.807) is 12.1 Å². The molecule has 0 aromatic heterocycles. The lowest BCUT2D eigenvalue weighted by Gasteiger charge is -2.12. The van der Waals surface area contributed by atoms with Gasteiger partial charge < -0.3 is 10.6 Å². The molecule has 0 saturated carbocycles.